The molecule has 0 aromatic carbocycles. The van der Waals surface area contributed by atoms with Crippen LogP contribution in [0.1, 0.15) is 22.3 Å². The zero-order valence-corrected chi connectivity index (χ0v) is 10.4. The number of halogens is 4. The molecule has 1 aromatic rings. The summed E-state index contributed by atoms with van der Waals surface area (Å²) in [4.78, 5) is 14.3. The summed E-state index contributed by atoms with van der Waals surface area (Å²) < 4.78 is 25.5. The van der Waals surface area contributed by atoms with Crippen LogP contribution in [0.4, 0.5) is 8.78 Å². The Morgan fingerprint density at radius 1 is 1.46 bits per heavy atom. The van der Waals surface area contributed by atoms with Gasteiger partial charge in [0, 0.05) is 15.3 Å². The highest BCUT2D eigenvalue weighted by atomic mass is 127. The maximum Gasteiger partial charge on any atom is 0.265 e. The molecule has 0 aliphatic carbocycles. The number of carbonyl (C=O) groups is 1. The Labute approximate surface area is 100 Å². The lowest BCUT2D eigenvalue weighted by atomic mass is 10.2. The highest BCUT2D eigenvalue weighted by Gasteiger charge is 2.19. The second-order valence-corrected chi connectivity index (χ2v) is 4.33. The standard InChI is InChI=1S/C7H3F2I2NO/c8-6(9)5-3(2-13)7(11)12-1-4(5)10/h1-2,6H. The number of alkyl halides is 2. The average molecular weight is 409 g/mol. The number of aromatic nitrogens is 1. The summed E-state index contributed by atoms with van der Waals surface area (Å²) in [5.41, 5.74) is -0.238. The Kier molecular flexibility index (Phi) is 3.95. The van der Waals surface area contributed by atoms with Crippen molar-refractivity contribution in [2.75, 3.05) is 0 Å². The van der Waals surface area contributed by atoms with Crippen LogP contribution < -0.4 is 0 Å². The van der Waals surface area contributed by atoms with E-state index in [0.29, 0.717) is 13.6 Å². The number of carbonyl (C=O) groups excluding carboxylic acids is 1. The number of aldehydes is 1. The van der Waals surface area contributed by atoms with Crippen LogP contribution in [-0.4, -0.2) is 11.3 Å². The van der Waals surface area contributed by atoms with Crippen molar-refractivity contribution < 1.29 is 13.6 Å². The summed E-state index contributed by atoms with van der Waals surface area (Å²) in [7, 11) is 0. The molecule has 0 spiro atoms. The fourth-order valence-corrected chi connectivity index (χ4v) is 2.05. The van der Waals surface area contributed by atoms with E-state index in [4.69, 9.17) is 0 Å². The van der Waals surface area contributed by atoms with Gasteiger partial charge in [-0.15, -0.1) is 0 Å². The summed E-state index contributed by atoms with van der Waals surface area (Å²) in [6.45, 7) is 0. The molecule has 0 radical (unpaired) electrons. The van der Waals surface area contributed by atoms with Gasteiger partial charge >= 0.3 is 0 Å². The molecule has 0 saturated carbocycles. The van der Waals surface area contributed by atoms with E-state index in [1.165, 1.54) is 6.20 Å². The Morgan fingerprint density at radius 3 is 2.46 bits per heavy atom. The van der Waals surface area contributed by atoms with E-state index in [-0.39, 0.29) is 11.1 Å². The van der Waals surface area contributed by atoms with Gasteiger partial charge in [-0.25, -0.2) is 13.8 Å². The summed E-state index contributed by atoms with van der Waals surface area (Å²) in [6, 6.07) is 0. The van der Waals surface area contributed by atoms with E-state index in [1.807, 2.05) is 0 Å². The molecule has 0 amide bonds. The molecule has 1 rings (SSSR count). The van der Waals surface area contributed by atoms with Crippen LogP contribution in [0.5, 0.6) is 0 Å². The third-order valence-electron chi connectivity index (χ3n) is 1.40. The number of nitrogens with zero attached hydrogens (tertiary/aromatic N) is 1. The summed E-state index contributed by atoms with van der Waals surface area (Å²) in [5.74, 6) is 0. The van der Waals surface area contributed by atoms with Crippen LogP contribution in [0.3, 0.4) is 0 Å². The average Bonchev–Trinajstić information content (AvgIpc) is 2.07. The molecule has 0 aliphatic heterocycles. The van der Waals surface area contributed by atoms with Gasteiger partial charge in [0.25, 0.3) is 6.43 Å². The van der Waals surface area contributed by atoms with Gasteiger partial charge < -0.3 is 0 Å². The normalized spacial score (nSPS) is 10.5. The van der Waals surface area contributed by atoms with Gasteiger partial charge in [-0.1, -0.05) is 0 Å². The van der Waals surface area contributed by atoms with Crippen LogP contribution in [0.15, 0.2) is 6.20 Å². The van der Waals surface area contributed by atoms with Crippen molar-refractivity contribution >= 4 is 51.5 Å². The van der Waals surface area contributed by atoms with Crippen LogP contribution in [-0.2, 0) is 0 Å². The molecule has 0 aliphatic rings. The molecule has 0 unspecified atom stereocenters. The maximum atomic E-state index is 12.5. The molecule has 1 heterocycles. The van der Waals surface area contributed by atoms with E-state index in [2.05, 4.69) is 4.98 Å². The predicted octanol–water partition coefficient (Wildman–Crippen LogP) is 3.04. The minimum atomic E-state index is -2.64. The summed E-state index contributed by atoms with van der Waals surface area (Å²) in [6.07, 6.45) is -0.890. The van der Waals surface area contributed by atoms with E-state index < -0.39 is 6.43 Å². The largest absolute Gasteiger partial charge is 0.298 e. The summed E-state index contributed by atoms with van der Waals surface area (Å²) in [5, 5.41) is 0. The van der Waals surface area contributed by atoms with Crippen molar-refractivity contribution in [3.63, 3.8) is 0 Å². The molecule has 70 valence electrons. The Balaban J connectivity index is 3.43. The second-order valence-electron chi connectivity index (χ2n) is 2.14. The van der Waals surface area contributed by atoms with Gasteiger partial charge in [-0.2, -0.15) is 0 Å². The van der Waals surface area contributed by atoms with Gasteiger partial charge in [0.1, 0.15) is 3.70 Å². The van der Waals surface area contributed by atoms with Gasteiger partial charge in [0.05, 0.1) is 5.56 Å². The lowest BCUT2D eigenvalue weighted by Gasteiger charge is -2.06. The van der Waals surface area contributed by atoms with Crippen LogP contribution in [0.25, 0.3) is 0 Å². The molecule has 0 atom stereocenters. The number of hydrogen-bond acceptors (Lipinski definition) is 2. The second kappa shape index (κ2) is 4.58. The first-order valence-electron chi connectivity index (χ1n) is 3.15. The maximum absolute atomic E-state index is 12.5. The molecular weight excluding hydrogens is 406 g/mol. The van der Waals surface area contributed by atoms with Crippen molar-refractivity contribution in [2.24, 2.45) is 0 Å². The zero-order chi connectivity index (χ0) is 10.0. The minimum Gasteiger partial charge on any atom is -0.298 e. The quantitative estimate of drug-likeness (QED) is 0.427. The van der Waals surface area contributed by atoms with Gasteiger partial charge in [-0.3, -0.25) is 4.79 Å². The van der Waals surface area contributed by atoms with Crippen molar-refractivity contribution in [1.29, 1.82) is 0 Å². The molecule has 0 bridgehead atoms. The summed E-state index contributed by atoms with van der Waals surface area (Å²) >= 11 is 3.49. The third-order valence-corrected chi connectivity index (χ3v) is 3.12. The van der Waals surface area contributed by atoms with Crippen molar-refractivity contribution in [3.05, 3.63) is 24.6 Å². The molecule has 13 heavy (non-hydrogen) atoms. The highest BCUT2D eigenvalue weighted by Crippen LogP contribution is 2.28. The fraction of sp³-hybridized carbons (Fsp3) is 0.143. The third kappa shape index (κ3) is 2.33. The van der Waals surface area contributed by atoms with Crippen molar-refractivity contribution in [3.8, 4) is 0 Å². The SMILES string of the molecule is O=Cc1c(I)ncc(I)c1C(F)F. The highest BCUT2D eigenvalue weighted by molar-refractivity contribution is 14.1. The first kappa shape index (κ1) is 11.2. The van der Waals surface area contributed by atoms with Crippen molar-refractivity contribution in [1.82, 2.24) is 4.98 Å². The van der Waals surface area contributed by atoms with E-state index in [9.17, 15) is 13.6 Å². The van der Waals surface area contributed by atoms with E-state index >= 15 is 0 Å². The van der Waals surface area contributed by atoms with Gasteiger partial charge in [-0.05, 0) is 45.2 Å². The van der Waals surface area contributed by atoms with Crippen LogP contribution in [0, 0.1) is 7.27 Å². The molecule has 2 nitrogen and oxygen atoms in total. The number of pyridine rings is 1. The number of hydrogen-bond donors (Lipinski definition) is 0. The van der Waals surface area contributed by atoms with Gasteiger partial charge in [0.15, 0.2) is 6.29 Å². The predicted molar refractivity (Wildman–Crippen MR) is 60.0 cm³/mol. The van der Waals surface area contributed by atoms with E-state index in [1.54, 1.807) is 45.2 Å². The van der Waals surface area contributed by atoms with E-state index in [0.717, 1.165) is 0 Å². The monoisotopic (exact) mass is 409 g/mol. The molecule has 0 saturated heterocycles. The molecule has 1 aromatic heterocycles. The van der Waals surface area contributed by atoms with Crippen molar-refractivity contribution in [2.45, 2.75) is 6.43 Å². The lowest BCUT2D eigenvalue weighted by Crippen LogP contribution is -2.02. The molecule has 0 N–H and O–H groups in total. The van der Waals surface area contributed by atoms with Gasteiger partial charge in [0.2, 0.25) is 0 Å². The smallest absolute Gasteiger partial charge is 0.265 e. The Hall–Kier alpha value is 0.140. The minimum absolute atomic E-state index is 0.0116. The Bertz CT molecular complexity index is 344. The zero-order valence-electron chi connectivity index (χ0n) is 6.10. The van der Waals surface area contributed by atoms with Crippen LogP contribution in [0.2, 0.25) is 0 Å². The molecule has 6 heteroatoms. The number of rotatable bonds is 2. The fourth-order valence-electron chi connectivity index (χ4n) is 0.826. The topological polar surface area (TPSA) is 30.0 Å². The first-order chi connectivity index (χ1) is 6.07. The lowest BCUT2D eigenvalue weighted by molar-refractivity contribution is 0.110. The Morgan fingerprint density at radius 2 is 2.08 bits per heavy atom. The van der Waals surface area contributed by atoms with Crippen LogP contribution >= 0.6 is 45.2 Å². The molecular formula is C7H3F2I2NO. The first-order valence-corrected chi connectivity index (χ1v) is 5.31. The molecule has 0 fully saturated rings.